The van der Waals surface area contributed by atoms with Crippen molar-refractivity contribution < 1.29 is 14.0 Å². The van der Waals surface area contributed by atoms with E-state index >= 15 is 0 Å². The molecule has 0 atom stereocenters. The van der Waals surface area contributed by atoms with Crippen LogP contribution in [0.15, 0.2) is 22.8 Å². The highest BCUT2D eigenvalue weighted by Crippen LogP contribution is 2.05. The van der Waals surface area contributed by atoms with Gasteiger partial charge in [-0.1, -0.05) is 0 Å². The number of imide groups is 1. The molecule has 13 heavy (non-hydrogen) atoms. The van der Waals surface area contributed by atoms with E-state index in [0.29, 0.717) is 6.54 Å². The van der Waals surface area contributed by atoms with E-state index in [2.05, 4.69) is 0 Å². The fraction of sp³-hybridized carbons (Fsp3) is 0.333. The van der Waals surface area contributed by atoms with Crippen LogP contribution >= 0.6 is 0 Å². The maximum atomic E-state index is 11.5. The van der Waals surface area contributed by atoms with Crippen LogP contribution in [0.5, 0.6) is 0 Å². The number of nitrogens with zero attached hydrogens (tertiary/aromatic N) is 1. The number of carbonyl (C=O) groups is 2. The molecule has 0 spiro atoms. The summed E-state index contributed by atoms with van der Waals surface area (Å²) in [5.41, 5.74) is 0. The molecule has 0 N–H and O–H groups in total. The molecule has 0 aliphatic heterocycles. The Kier molecular flexibility index (Phi) is 2.84. The largest absolute Gasteiger partial charge is 0.459 e. The Labute approximate surface area is 76.1 Å². The highest BCUT2D eigenvalue weighted by molar-refractivity contribution is 6.02. The summed E-state index contributed by atoms with van der Waals surface area (Å²) in [7, 11) is 0. The lowest BCUT2D eigenvalue weighted by atomic mass is 10.3. The Hall–Kier alpha value is -1.58. The van der Waals surface area contributed by atoms with Gasteiger partial charge in [-0.25, -0.2) is 0 Å². The van der Waals surface area contributed by atoms with Gasteiger partial charge in [-0.15, -0.1) is 0 Å². The second-order valence-electron chi connectivity index (χ2n) is 2.55. The minimum absolute atomic E-state index is 0.192. The van der Waals surface area contributed by atoms with Crippen LogP contribution in [0.3, 0.4) is 0 Å². The molecule has 0 radical (unpaired) electrons. The smallest absolute Gasteiger partial charge is 0.296 e. The molecule has 0 fully saturated rings. The summed E-state index contributed by atoms with van der Waals surface area (Å²) < 4.78 is 4.88. The first-order valence-corrected chi connectivity index (χ1v) is 4.02. The molecule has 0 unspecified atom stereocenters. The first kappa shape index (κ1) is 9.51. The van der Waals surface area contributed by atoms with E-state index in [1.54, 1.807) is 13.0 Å². The molecule has 1 aromatic rings. The topological polar surface area (TPSA) is 50.5 Å². The Balaban J connectivity index is 2.83. The molecule has 0 bridgehead atoms. The van der Waals surface area contributed by atoms with Crippen LogP contribution in [-0.2, 0) is 4.79 Å². The SMILES string of the molecule is CCN(C(C)=O)C(=O)c1ccco1. The summed E-state index contributed by atoms with van der Waals surface area (Å²) in [5, 5.41) is 0. The van der Waals surface area contributed by atoms with E-state index in [0.717, 1.165) is 4.90 Å². The molecule has 2 amide bonds. The second-order valence-corrected chi connectivity index (χ2v) is 2.55. The molecule has 4 heteroatoms. The van der Waals surface area contributed by atoms with Crippen LogP contribution in [-0.4, -0.2) is 23.3 Å². The van der Waals surface area contributed by atoms with Crippen molar-refractivity contribution >= 4 is 11.8 Å². The van der Waals surface area contributed by atoms with E-state index in [-0.39, 0.29) is 17.6 Å². The van der Waals surface area contributed by atoms with E-state index in [1.807, 2.05) is 0 Å². The van der Waals surface area contributed by atoms with Gasteiger partial charge in [-0.3, -0.25) is 14.5 Å². The third-order valence-corrected chi connectivity index (χ3v) is 1.67. The van der Waals surface area contributed by atoms with E-state index in [4.69, 9.17) is 4.42 Å². The summed E-state index contributed by atoms with van der Waals surface area (Å²) in [6.07, 6.45) is 1.40. The average Bonchev–Trinajstić information content (AvgIpc) is 2.56. The lowest BCUT2D eigenvalue weighted by Crippen LogP contribution is -2.34. The zero-order chi connectivity index (χ0) is 9.84. The fourth-order valence-electron chi connectivity index (χ4n) is 1.04. The lowest BCUT2D eigenvalue weighted by molar-refractivity contribution is -0.126. The number of furan rings is 1. The minimum Gasteiger partial charge on any atom is -0.459 e. The number of carbonyl (C=O) groups excluding carboxylic acids is 2. The van der Waals surface area contributed by atoms with Gasteiger partial charge in [0.05, 0.1) is 6.26 Å². The van der Waals surface area contributed by atoms with Crippen LogP contribution in [0.4, 0.5) is 0 Å². The Morgan fingerprint density at radius 3 is 2.62 bits per heavy atom. The molecule has 0 aromatic carbocycles. The van der Waals surface area contributed by atoms with Gasteiger partial charge in [0.2, 0.25) is 5.91 Å². The van der Waals surface area contributed by atoms with E-state index in [9.17, 15) is 9.59 Å². The third kappa shape index (κ3) is 1.96. The highest BCUT2D eigenvalue weighted by Gasteiger charge is 2.19. The van der Waals surface area contributed by atoms with Gasteiger partial charge in [0.25, 0.3) is 5.91 Å². The van der Waals surface area contributed by atoms with Gasteiger partial charge < -0.3 is 4.42 Å². The predicted molar refractivity (Wildman–Crippen MR) is 46.1 cm³/mol. The maximum absolute atomic E-state index is 11.5. The van der Waals surface area contributed by atoms with Crippen molar-refractivity contribution in [1.29, 1.82) is 0 Å². The van der Waals surface area contributed by atoms with Crippen molar-refractivity contribution in [2.75, 3.05) is 6.54 Å². The number of amides is 2. The minimum atomic E-state index is -0.389. The van der Waals surface area contributed by atoms with Crippen molar-refractivity contribution in [2.45, 2.75) is 13.8 Å². The Morgan fingerprint density at radius 1 is 1.54 bits per heavy atom. The summed E-state index contributed by atoms with van der Waals surface area (Å²) in [5.74, 6) is -0.471. The molecular formula is C9H11NO3. The normalized spacial score (nSPS) is 9.69. The van der Waals surface area contributed by atoms with E-state index in [1.165, 1.54) is 19.3 Å². The van der Waals surface area contributed by atoms with Gasteiger partial charge in [0.15, 0.2) is 5.76 Å². The average molecular weight is 181 g/mol. The molecule has 0 aliphatic rings. The van der Waals surface area contributed by atoms with Crippen LogP contribution in [0, 0.1) is 0 Å². The molecule has 4 nitrogen and oxygen atoms in total. The summed E-state index contributed by atoms with van der Waals surface area (Å²) in [4.78, 5) is 23.6. The summed E-state index contributed by atoms with van der Waals surface area (Å²) >= 11 is 0. The third-order valence-electron chi connectivity index (χ3n) is 1.67. The fourth-order valence-corrected chi connectivity index (χ4v) is 1.04. The molecule has 70 valence electrons. The first-order chi connectivity index (χ1) is 6.16. The quantitative estimate of drug-likeness (QED) is 0.690. The number of hydrogen-bond donors (Lipinski definition) is 0. The van der Waals surface area contributed by atoms with Crippen molar-refractivity contribution in [2.24, 2.45) is 0 Å². The number of hydrogen-bond acceptors (Lipinski definition) is 3. The standard InChI is InChI=1S/C9H11NO3/c1-3-10(7(2)11)9(12)8-5-4-6-13-8/h4-6H,3H2,1-2H3. The Bertz CT molecular complexity index is 303. The molecule has 1 aromatic heterocycles. The second kappa shape index (κ2) is 3.89. The molecule has 1 heterocycles. The van der Waals surface area contributed by atoms with Gasteiger partial charge in [0.1, 0.15) is 0 Å². The van der Waals surface area contributed by atoms with Crippen LogP contribution in [0.25, 0.3) is 0 Å². The molecule has 0 aliphatic carbocycles. The van der Waals surface area contributed by atoms with E-state index < -0.39 is 0 Å². The van der Waals surface area contributed by atoms with Gasteiger partial charge in [-0.05, 0) is 19.1 Å². The van der Waals surface area contributed by atoms with Gasteiger partial charge in [-0.2, -0.15) is 0 Å². The van der Waals surface area contributed by atoms with Gasteiger partial charge >= 0.3 is 0 Å². The van der Waals surface area contributed by atoms with Gasteiger partial charge in [0, 0.05) is 13.5 Å². The first-order valence-electron chi connectivity index (χ1n) is 4.02. The predicted octanol–water partition coefficient (Wildman–Crippen LogP) is 1.29. The zero-order valence-electron chi connectivity index (χ0n) is 7.61. The van der Waals surface area contributed by atoms with Crippen molar-refractivity contribution in [3.63, 3.8) is 0 Å². The summed E-state index contributed by atoms with van der Waals surface area (Å²) in [6.45, 7) is 3.45. The van der Waals surface area contributed by atoms with Crippen LogP contribution in [0.2, 0.25) is 0 Å². The monoisotopic (exact) mass is 181 g/mol. The maximum Gasteiger partial charge on any atom is 0.296 e. The molecular weight excluding hydrogens is 170 g/mol. The van der Waals surface area contributed by atoms with Crippen molar-refractivity contribution in [1.82, 2.24) is 4.90 Å². The lowest BCUT2D eigenvalue weighted by Gasteiger charge is -2.14. The summed E-state index contributed by atoms with van der Waals surface area (Å²) in [6, 6.07) is 3.15. The Morgan fingerprint density at radius 2 is 2.23 bits per heavy atom. The molecule has 0 saturated heterocycles. The number of rotatable bonds is 2. The zero-order valence-corrected chi connectivity index (χ0v) is 7.61. The van der Waals surface area contributed by atoms with Crippen molar-refractivity contribution in [3.05, 3.63) is 24.2 Å². The molecule has 1 rings (SSSR count). The highest BCUT2D eigenvalue weighted by atomic mass is 16.3. The van der Waals surface area contributed by atoms with Crippen LogP contribution in [0.1, 0.15) is 24.4 Å². The van der Waals surface area contributed by atoms with Crippen LogP contribution < -0.4 is 0 Å². The van der Waals surface area contributed by atoms with Crippen molar-refractivity contribution in [3.8, 4) is 0 Å². The molecule has 0 saturated carbocycles.